The third-order valence-corrected chi connectivity index (χ3v) is 3.07. The van der Waals surface area contributed by atoms with Crippen LogP contribution >= 0.6 is 11.3 Å². The molecule has 0 aliphatic rings. The average Bonchev–Trinajstić information content (AvgIpc) is 2.61. The number of unbranched alkanes of at least 4 members (excludes halogenated alkanes) is 1. The highest BCUT2D eigenvalue weighted by Gasteiger charge is 2.12. The second kappa shape index (κ2) is 6.19. The molecule has 0 aliphatic heterocycles. The Labute approximate surface area is 88.9 Å². The average molecular weight is 213 g/mol. The Kier molecular flexibility index (Phi) is 5.18. The van der Waals surface area contributed by atoms with Gasteiger partial charge in [-0.2, -0.15) is 0 Å². The molecule has 5 heteroatoms. The van der Waals surface area contributed by atoms with E-state index in [0.717, 1.165) is 18.0 Å². The van der Waals surface area contributed by atoms with Crippen LogP contribution in [0, 0.1) is 0 Å². The minimum Gasteiger partial charge on any atom is -0.423 e. The third-order valence-electron chi connectivity index (χ3n) is 1.94. The SMILES string of the molecule is CCCCNCc1ccc(B(O)O)s1. The molecule has 1 rings (SSSR count). The molecule has 0 saturated carbocycles. The van der Waals surface area contributed by atoms with Crippen LogP contribution < -0.4 is 10.1 Å². The summed E-state index contributed by atoms with van der Waals surface area (Å²) in [6.45, 7) is 4.00. The molecule has 14 heavy (non-hydrogen) atoms. The molecular formula is C9H16BNO2S. The quantitative estimate of drug-likeness (QED) is 0.471. The van der Waals surface area contributed by atoms with Crippen LogP contribution in [-0.4, -0.2) is 23.7 Å². The number of hydrogen-bond donors (Lipinski definition) is 3. The molecule has 0 aromatic carbocycles. The summed E-state index contributed by atoms with van der Waals surface area (Å²) in [6, 6.07) is 3.69. The van der Waals surface area contributed by atoms with Gasteiger partial charge in [-0.3, -0.25) is 0 Å². The number of hydrogen-bond acceptors (Lipinski definition) is 4. The Morgan fingerprint density at radius 3 is 2.79 bits per heavy atom. The van der Waals surface area contributed by atoms with Gasteiger partial charge >= 0.3 is 7.12 Å². The maximum Gasteiger partial charge on any atom is 0.499 e. The predicted molar refractivity (Wildman–Crippen MR) is 60.8 cm³/mol. The zero-order valence-corrected chi connectivity index (χ0v) is 9.18. The van der Waals surface area contributed by atoms with E-state index >= 15 is 0 Å². The summed E-state index contributed by atoms with van der Waals surface area (Å²) in [5.74, 6) is 0. The van der Waals surface area contributed by atoms with E-state index in [1.54, 1.807) is 6.07 Å². The standard InChI is InChI=1S/C9H16BNO2S/c1-2-3-6-11-7-8-4-5-9(14-8)10(12)13/h4-5,11-13H,2-3,6-7H2,1H3. The first-order valence-electron chi connectivity index (χ1n) is 4.89. The van der Waals surface area contributed by atoms with E-state index in [9.17, 15) is 0 Å². The second-order valence-corrected chi connectivity index (χ2v) is 4.41. The van der Waals surface area contributed by atoms with Crippen molar-refractivity contribution in [1.82, 2.24) is 5.32 Å². The summed E-state index contributed by atoms with van der Waals surface area (Å²) in [5.41, 5.74) is 0. The molecule has 3 nitrogen and oxygen atoms in total. The molecule has 0 fully saturated rings. The topological polar surface area (TPSA) is 52.5 Å². The number of rotatable bonds is 6. The Morgan fingerprint density at radius 1 is 1.43 bits per heavy atom. The normalized spacial score (nSPS) is 10.5. The Hall–Kier alpha value is -0.355. The Balaban J connectivity index is 2.29. The van der Waals surface area contributed by atoms with Gasteiger partial charge in [0.05, 0.1) is 0 Å². The molecule has 0 radical (unpaired) electrons. The van der Waals surface area contributed by atoms with Gasteiger partial charge < -0.3 is 15.4 Å². The highest BCUT2D eigenvalue weighted by molar-refractivity contribution is 7.22. The fourth-order valence-corrected chi connectivity index (χ4v) is 2.00. The van der Waals surface area contributed by atoms with Gasteiger partial charge in [0, 0.05) is 16.2 Å². The molecule has 3 N–H and O–H groups in total. The Morgan fingerprint density at radius 2 is 2.21 bits per heavy atom. The van der Waals surface area contributed by atoms with Crippen molar-refractivity contribution >= 4 is 23.2 Å². The minimum absolute atomic E-state index is 0.609. The zero-order chi connectivity index (χ0) is 10.4. The first kappa shape index (κ1) is 11.7. The van der Waals surface area contributed by atoms with Gasteiger partial charge in [-0.15, -0.1) is 11.3 Å². The molecule has 0 bridgehead atoms. The van der Waals surface area contributed by atoms with Crippen molar-refractivity contribution < 1.29 is 10.0 Å². The third kappa shape index (κ3) is 3.80. The fraction of sp³-hybridized carbons (Fsp3) is 0.556. The van der Waals surface area contributed by atoms with E-state index in [1.165, 1.54) is 24.2 Å². The largest absolute Gasteiger partial charge is 0.499 e. The summed E-state index contributed by atoms with van der Waals surface area (Å²) < 4.78 is 0.609. The lowest BCUT2D eigenvalue weighted by Gasteiger charge is -2.00. The summed E-state index contributed by atoms with van der Waals surface area (Å²) in [7, 11) is -1.33. The van der Waals surface area contributed by atoms with Crippen molar-refractivity contribution in [1.29, 1.82) is 0 Å². The van der Waals surface area contributed by atoms with Crippen LogP contribution in [0.4, 0.5) is 0 Å². The van der Waals surface area contributed by atoms with Crippen molar-refractivity contribution in [2.24, 2.45) is 0 Å². The van der Waals surface area contributed by atoms with Crippen molar-refractivity contribution in [2.45, 2.75) is 26.3 Å². The second-order valence-electron chi connectivity index (χ2n) is 3.21. The van der Waals surface area contributed by atoms with Crippen LogP contribution in [0.2, 0.25) is 0 Å². The molecule has 1 aromatic rings. The summed E-state index contributed by atoms with van der Waals surface area (Å²) in [5, 5.41) is 21.1. The first-order chi connectivity index (χ1) is 6.74. The Bertz CT molecular complexity index is 265. The lowest BCUT2D eigenvalue weighted by molar-refractivity contribution is 0.427. The highest BCUT2D eigenvalue weighted by Crippen LogP contribution is 2.06. The summed E-state index contributed by atoms with van der Waals surface area (Å²) in [4.78, 5) is 1.14. The molecule has 0 amide bonds. The van der Waals surface area contributed by atoms with Gasteiger partial charge in [-0.25, -0.2) is 0 Å². The maximum absolute atomic E-state index is 8.89. The maximum atomic E-state index is 8.89. The summed E-state index contributed by atoms with van der Waals surface area (Å²) in [6.07, 6.45) is 2.37. The van der Waals surface area contributed by atoms with Crippen molar-refractivity contribution in [3.05, 3.63) is 17.0 Å². The van der Waals surface area contributed by atoms with Crippen molar-refractivity contribution in [3.63, 3.8) is 0 Å². The van der Waals surface area contributed by atoms with Gasteiger partial charge in [0.25, 0.3) is 0 Å². The van der Waals surface area contributed by atoms with Crippen LogP contribution in [0.25, 0.3) is 0 Å². The predicted octanol–water partition coefficient (Wildman–Crippen LogP) is 0.318. The lowest BCUT2D eigenvalue weighted by Crippen LogP contribution is -2.26. The van der Waals surface area contributed by atoms with Crippen LogP contribution in [0.3, 0.4) is 0 Å². The summed E-state index contributed by atoms with van der Waals surface area (Å²) >= 11 is 1.44. The van der Waals surface area contributed by atoms with E-state index < -0.39 is 7.12 Å². The van der Waals surface area contributed by atoms with Gasteiger partial charge in [0.2, 0.25) is 0 Å². The van der Waals surface area contributed by atoms with E-state index in [-0.39, 0.29) is 0 Å². The lowest BCUT2D eigenvalue weighted by atomic mass is 9.90. The highest BCUT2D eigenvalue weighted by atomic mass is 32.1. The zero-order valence-electron chi connectivity index (χ0n) is 8.36. The van der Waals surface area contributed by atoms with E-state index in [4.69, 9.17) is 10.0 Å². The van der Waals surface area contributed by atoms with Gasteiger partial charge in [0.1, 0.15) is 0 Å². The van der Waals surface area contributed by atoms with Crippen molar-refractivity contribution in [3.8, 4) is 0 Å². The molecular weight excluding hydrogens is 197 g/mol. The van der Waals surface area contributed by atoms with E-state index in [2.05, 4.69) is 12.2 Å². The van der Waals surface area contributed by atoms with Crippen LogP contribution in [0.1, 0.15) is 24.6 Å². The van der Waals surface area contributed by atoms with Crippen LogP contribution in [0.15, 0.2) is 12.1 Å². The first-order valence-corrected chi connectivity index (χ1v) is 5.71. The van der Waals surface area contributed by atoms with Gasteiger partial charge in [-0.05, 0) is 19.0 Å². The van der Waals surface area contributed by atoms with E-state index in [0.29, 0.717) is 4.78 Å². The van der Waals surface area contributed by atoms with Crippen LogP contribution in [-0.2, 0) is 6.54 Å². The van der Waals surface area contributed by atoms with Gasteiger partial charge in [-0.1, -0.05) is 19.4 Å². The van der Waals surface area contributed by atoms with Gasteiger partial charge in [0.15, 0.2) is 0 Å². The molecule has 0 aliphatic carbocycles. The smallest absolute Gasteiger partial charge is 0.423 e. The number of thiophene rings is 1. The molecule has 1 heterocycles. The molecule has 0 atom stereocenters. The minimum atomic E-state index is -1.33. The number of nitrogens with one attached hydrogen (secondary N) is 1. The monoisotopic (exact) mass is 213 g/mol. The van der Waals surface area contributed by atoms with Crippen LogP contribution in [0.5, 0.6) is 0 Å². The molecule has 0 saturated heterocycles. The van der Waals surface area contributed by atoms with Crippen molar-refractivity contribution in [2.75, 3.05) is 6.54 Å². The fourth-order valence-electron chi connectivity index (χ4n) is 1.14. The molecule has 78 valence electrons. The molecule has 0 spiro atoms. The molecule has 0 unspecified atom stereocenters. The molecule has 1 aromatic heterocycles. The van der Waals surface area contributed by atoms with E-state index in [1.807, 2.05) is 6.07 Å².